The monoisotopic (exact) mass is 232 g/mol. The molecular formula is H12O4S4Si. The zero-order chi connectivity index (χ0) is 4.50. The minimum absolute atomic E-state index is 0. The molecule has 0 aliphatic heterocycles. The van der Waals surface area contributed by atoms with Gasteiger partial charge in [-0.2, -0.15) is 54.0 Å². The van der Waals surface area contributed by atoms with Crippen LogP contribution in [0.15, 0.2) is 0 Å². The van der Waals surface area contributed by atoms with E-state index in [0.717, 1.165) is 0 Å². The van der Waals surface area contributed by atoms with Crippen LogP contribution in [0, 0.1) is 0 Å². The summed E-state index contributed by atoms with van der Waals surface area (Å²) in [4.78, 5) is 29.3. The lowest BCUT2D eigenvalue weighted by molar-refractivity contribution is 0.117. The first-order valence-electron chi connectivity index (χ1n) is 0.894. The van der Waals surface area contributed by atoms with Gasteiger partial charge in [0, 0.05) is 0 Å². The Bertz CT molecular complexity index is 28.0. The van der Waals surface area contributed by atoms with Crippen molar-refractivity contribution in [3.63, 3.8) is 0 Å². The molecule has 0 heterocycles. The van der Waals surface area contributed by atoms with Crippen LogP contribution in [0.25, 0.3) is 0 Å². The third kappa shape index (κ3) is 248. The lowest BCUT2D eigenvalue weighted by atomic mass is 15.7. The third-order valence-corrected chi connectivity index (χ3v) is 0. The molecule has 0 aromatic heterocycles. The van der Waals surface area contributed by atoms with Gasteiger partial charge in [-0.15, -0.1) is 0 Å². The fourth-order valence-corrected chi connectivity index (χ4v) is 0. The van der Waals surface area contributed by atoms with Crippen molar-refractivity contribution in [3.05, 3.63) is 0 Å². The van der Waals surface area contributed by atoms with Crippen LogP contribution in [0.3, 0.4) is 0 Å². The zero-order valence-electron chi connectivity index (χ0n) is 4.29. The highest BCUT2D eigenvalue weighted by Gasteiger charge is 2.22. The second kappa shape index (κ2) is 12.2. The van der Waals surface area contributed by atoms with Crippen LogP contribution in [0.2, 0.25) is 0 Å². The van der Waals surface area contributed by atoms with Crippen molar-refractivity contribution >= 4 is 63.0 Å². The van der Waals surface area contributed by atoms with Gasteiger partial charge in [-0.25, -0.2) is 0 Å². The van der Waals surface area contributed by atoms with Gasteiger partial charge in [-0.1, -0.05) is 0 Å². The standard InChI is InChI=1S/H4O4Si.4H2S/c1-5(2,3)4;;;;/h1-4H;4*1H2. The fraction of sp³-hybridized carbons (Fsp3) is 0. The number of hydrogen-bond acceptors (Lipinski definition) is 4. The Kier molecular flexibility index (Phi) is 42.4. The molecule has 0 aromatic rings. The van der Waals surface area contributed by atoms with Crippen molar-refractivity contribution in [1.29, 1.82) is 0 Å². The molecule has 0 rings (SSSR count). The van der Waals surface area contributed by atoms with Crippen molar-refractivity contribution in [3.8, 4) is 0 Å². The Labute approximate surface area is 82.2 Å². The van der Waals surface area contributed by atoms with E-state index in [1.54, 1.807) is 0 Å². The normalized spacial score (nSPS) is 6.67. The summed E-state index contributed by atoms with van der Waals surface area (Å²) in [7, 11) is -4.61. The van der Waals surface area contributed by atoms with Crippen molar-refractivity contribution in [2.45, 2.75) is 0 Å². The smallest absolute Gasteiger partial charge is 0.368 e. The average Bonchev–Trinajstić information content (AvgIpc) is 0.722. The Balaban J connectivity index is -0.0000000133. The van der Waals surface area contributed by atoms with Gasteiger partial charge < -0.3 is 19.2 Å². The first kappa shape index (κ1) is 31.4. The van der Waals surface area contributed by atoms with E-state index in [1.807, 2.05) is 0 Å². The van der Waals surface area contributed by atoms with E-state index in [-0.39, 0.29) is 54.0 Å². The largest absolute Gasteiger partial charge is 0.668 e. The molecule has 0 bridgehead atoms. The van der Waals surface area contributed by atoms with E-state index in [1.165, 1.54) is 0 Å². The highest BCUT2D eigenvalue weighted by molar-refractivity contribution is 7.59. The molecule has 0 atom stereocenters. The molecule has 0 amide bonds. The molecule has 9 heteroatoms. The minimum atomic E-state index is -4.61. The molecule has 0 spiro atoms. The van der Waals surface area contributed by atoms with E-state index >= 15 is 0 Å². The van der Waals surface area contributed by atoms with Gasteiger partial charge in [0.15, 0.2) is 0 Å². The van der Waals surface area contributed by atoms with E-state index < -0.39 is 9.05 Å². The Hall–Kier alpha value is 1.46. The maximum atomic E-state index is 7.33. The molecule has 0 aliphatic carbocycles. The quantitative estimate of drug-likeness (QED) is 0.359. The van der Waals surface area contributed by atoms with Crippen LogP contribution in [0.5, 0.6) is 0 Å². The van der Waals surface area contributed by atoms with Gasteiger partial charge in [-0.05, 0) is 0 Å². The molecule has 0 fully saturated rings. The highest BCUT2D eigenvalue weighted by atomic mass is 32.1. The van der Waals surface area contributed by atoms with Crippen LogP contribution in [0.4, 0.5) is 0 Å². The molecule has 4 nitrogen and oxygen atoms in total. The molecular weight excluding hydrogens is 220 g/mol. The highest BCUT2D eigenvalue weighted by Crippen LogP contribution is 1.67. The molecule has 9 heavy (non-hydrogen) atoms. The van der Waals surface area contributed by atoms with E-state index in [2.05, 4.69) is 0 Å². The molecule has 0 saturated carbocycles. The van der Waals surface area contributed by atoms with Gasteiger partial charge in [0.25, 0.3) is 0 Å². The van der Waals surface area contributed by atoms with Crippen LogP contribution in [-0.4, -0.2) is 28.2 Å². The summed E-state index contributed by atoms with van der Waals surface area (Å²) in [5.74, 6) is 0. The van der Waals surface area contributed by atoms with E-state index in [9.17, 15) is 0 Å². The second-order valence-electron chi connectivity index (χ2n) is 0.600. The van der Waals surface area contributed by atoms with Gasteiger partial charge >= 0.3 is 9.05 Å². The maximum absolute atomic E-state index is 7.33. The topological polar surface area (TPSA) is 80.9 Å². The Morgan fingerprint density at radius 1 is 0.556 bits per heavy atom. The summed E-state index contributed by atoms with van der Waals surface area (Å²) < 4.78 is 0. The third-order valence-electron chi connectivity index (χ3n) is 0. The maximum Gasteiger partial charge on any atom is 0.668 e. The summed E-state index contributed by atoms with van der Waals surface area (Å²) in [6.45, 7) is 0. The summed E-state index contributed by atoms with van der Waals surface area (Å²) in [5, 5.41) is 0. The molecule has 0 unspecified atom stereocenters. The van der Waals surface area contributed by atoms with Crippen LogP contribution >= 0.6 is 54.0 Å². The molecule has 0 saturated heterocycles. The van der Waals surface area contributed by atoms with Gasteiger partial charge in [-0.3, -0.25) is 0 Å². The summed E-state index contributed by atoms with van der Waals surface area (Å²) in [5.41, 5.74) is 0. The summed E-state index contributed by atoms with van der Waals surface area (Å²) >= 11 is 0. The van der Waals surface area contributed by atoms with Crippen molar-refractivity contribution < 1.29 is 19.2 Å². The molecule has 64 valence electrons. The Morgan fingerprint density at radius 2 is 0.556 bits per heavy atom. The van der Waals surface area contributed by atoms with Crippen molar-refractivity contribution in [2.75, 3.05) is 0 Å². The molecule has 0 aliphatic rings. The average molecular weight is 232 g/mol. The summed E-state index contributed by atoms with van der Waals surface area (Å²) in [6, 6.07) is 0. The fourth-order valence-electron chi connectivity index (χ4n) is 0. The molecule has 4 N–H and O–H groups in total. The van der Waals surface area contributed by atoms with Gasteiger partial charge in [0.1, 0.15) is 0 Å². The zero-order valence-corrected chi connectivity index (χ0v) is 9.29. The number of rotatable bonds is 0. The van der Waals surface area contributed by atoms with Gasteiger partial charge in [0.2, 0.25) is 0 Å². The van der Waals surface area contributed by atoms with Crippen molar-refractivity contribution in [1.82, 2.24) is 0 Å². The molecule has 0 radical (unpaired) electrons. The minimum Gasteiger partial charge on any atom is -0.368 e. The van der Waals surface area contributed by atoms with Crippen LogP contribution in [-0.2, 0) is 0 Å². The molecule has 0 aromatic carbocycles. The SMILES string of the molecule is O[Si](O)(O)O.S.S.S.S. The predicted octanol–water partition coefficient (Wildman–Crippen LogP) is -2.16. The first-order valence-corrected chi connectivity index (χ1v) is 2.68. The number of hydrogen-bond donors (Lipinski definition) is 4. The Morgan fingerprint density at radius 3 is 0.556 bits per heavy atom. The second-order valence-corrected chi connectivity index (χ2v) is 1.80. The lowest BCUT2D eigenvalue weighted by Gasteiger charge is -1.91. The van der Waals surface area contributed by atoms with Crippen LogP contribution < -0.4 is 0 Å². The first-order chi connectivity index (χ1) is 2.00. The predicted molar refractivity (Wildman–Crippen MR) is 56.2 cm³/mol. The van der Waals surface area contributed by atoms with Crippen LogP contribution in [0.1, 0.15) is 0 Å². The van der Waals surface area contributed by atoms with Gasteiger partial charge in [0.05, 0.1) is 0 Å². The van der Waals surface area contributed by atoms with Crippen molar-refractivity contribution in [2.24, 2.45) is 0 Å². The summed E-state index contributed by atoms with van der Waals surface area (Å²) in [6.07, 6.45) is 0. The van der Waals surface area contributed by atoms with E-state index in [0.29, 0.717) is 0 Å². The van der Waals surface area contributed by atoms with E-state index in [4.69, 9.17) is 19.2 Å². The lowest BCUT2D eigenvalue weighted by Crippen LogP contribution is -2.33.